The minimum Gasteiger partial charge on any atom is -0.507 e. The van der Waals surface area contributed by atoms with Crippen molar-refractivity contribution in [2.75, 3.05) is 5.33 Å². The van der Waals surface area contributed by atoms with Crippen molar-refractivity contribution >= 4 is 37.8 Å². The first kappa shape index (κ1) is 15.1. The van der Waals surface area contributed by atoms with Gasteiger partial charge in [0.15, 0.2) is 0 Å². The van der Waals surface area contributed by atoms with Gasteiger partial charge in [0.25, 0.3) is 5.91 Å². The summed E-state index contributed by atoms with van der Waals surface area (Å²) in [4.78, 5) is 12.2. The van der Waals surface area contributed by atoms with E-state index in [4.69, 9.17) is 0 Å². The van der Waals surface area contributed by atoms with Gasteiger partial charge in [-0.05, 0) is 39.7 Å². The van der Waals surface area contributed by atoms with Crippen molar-refractivity contribution in [2.24, 2.45) is 0 Å². The standard InChI is InChI=1S/C15H13Br2NO2/c16-9-13(10-4-2-1-3-5-10)18-15(20)11-6-7-12(17)14(19)8-11/h1-8,13,19H,9H2,(H,18,20). The van der Waals surface area contributed by atoms with Gasteiger partial charge in [-0.25, -0.2) is 0 Å². The maximum Gasteiger partial charge on any atom is 0.251 e. The van der Waals surface area contributed by atoms with Crippen molar-refractivity contribution in [1.82, 2.24) is 5.32 Å². The molecule has 2 N–H and O–H groups in total. The number of carbonyl (C=O) groups is 1. The summed E-state index contributed by atoms with van der Waals surface area (Å²) in [6.45, 7) is 0. The maximum atomic E-state index is 12.2. The molecule has 104 valence electrons. The molecule has 0 bridgehead atoms. The SMILES string of the molecule is O=C(NC(CBr)c1ccccc1)c1ccc(Br)c(O)c1. The molecule has 0 saturated heterocycles. The van der Waals surface area contributed by atoms with E-state index in [1.807, 2.05) is 30.3 Å². The number of rotatable bonds is 4. The summed E-state index contributed by atoms with van der Waals surface area (Å²) in [5, 5.41) is 13.2. The number of alkyl halides is 1. The van der Waals surface area contributed by atoms with Gasteiger partial charge in [-0.2, -0.15) is 0 Å². The molecule has 0 heterocycles. The fourth-order valence-corrected chi connectivity index (χ4v) is 2.57. The van der Waals surface area contributed by atoms with Crippen molar-refractivity contribution in [1.29, 1.82) is 0 Å². The van der Waals surface area contributed by atoms with E-state index in [-0.39, 0.29) is 17.7 Å². The van der Waals surface area contributed by atoms with E-state index in [2.05, 4.69) is 37.2 Å². The molecule has 1 unspecified atom stereocenters. The maximum absolute atomic E-state index is 12.2. The third-order valence-corrected chi connectivity index (χ3v) is 4.19. The third-order valence-electron chi connectivity index (χ3n) is 2.87. The lowest BCUT2D eigenvalue weighted by molar-refractivity contribution is 0.0940. The van der Waals surface area contributed by atoms with Gasteiger partial charge in [0.05, 0.1) is 10.5 Å². The van der Waals surface area contributed by atoms with Crippen LogP contribution >= 0.6 is 31.9 Å². The normalized spacial score (nSPS) is 11.9. The molecule has 2 aromatic rings. The van der Waals surface area contributed by atoms with Crippen LogP contribution in [0.15, 0.2) is 53.0 Å². The topological polar surface area (TPSA) is 49.3 Å². The van der Waals surface area contributed by atoms with Crippen LogP contribution in [0, 0.1) is 0 Å². The monoisotopic (exact) mass is 397 g/mol. The number of hydrogen-bond acceptors (Lipinski definition) is 2. The molecule has 0 aliphatic heterocycles. The first-order valence-electron chi connectivity index (χ1n) is 6.02. The minimum atomic E-state index is -0.221. The summed E-state index contributed by atoms with van der Waals surface area (Å²) in [6, 6.07) is 14.4. The van der Waals surface area contributed by atoms with Crippen molar-refractivity contribution in [3.8, 4) is 5.75 Å². The van der Waals surface area contributed by atoms with Crippen molar-refractivity contribution < 1.29 is 9.90 Å². The summed E-state index contributed by atoms with van der Waals surface area (Å²) in [7, 11) is 0. The highest BCUT2D eigenvalue weighted by Crippen LogP contribution is 2.24. The van der Waals surface area contributed by atoms with E-state index >= 15 is 0 Å². The zero-order chi connectivity index (χ0) is 14.5. The van der Waals surface area contributed by atoms with Crippen LogP contribution in [0.2, 0.25) is 0 Å². The zero-order valence-corrected chi connectivity index (χ0v) is 13.7. The molecule has 0 aliphatic rings. The molecule has 2 rings (SSSR count). The minimum absolute atomic E-state index is 0.0488. The number of carbonyl (C=O) groups excluding carboxylic acids is 1. The summed E-state index contributed by atoms with van der Waals surface area (Å²) in [5.74, 6) is -0.172. The van der Waals surface area contributed by atoms with Crippen molar-refractivity contribution in [2.45, 2.75) is 6.04 Å². The highest BCUT2D eigenvalue weighted by molar-refractivity contribution is 9.10. The Labute approximate surface area is 134 Å². The molecule has 3 nitrogen and oxygen atoms in total. The Balaban J connectivity index is 2.15. The van der Waals surface area contributed by atoms with E-state index < -0.39 is 0 Å². The smallest absolute Gasteiger partial charge is 0.251 e. The van der Waals surface area contributed by atoms with Crippen LogP contribution < -0.4 is 5.32 Å². The Kier molecular flexibility index (Phi) is 5.20. The quantitative estimate of drug-likeness (QED) is 0.764. The Morgan fingerprint density at radius 3 is 2.50 bits per heavy atom. The van der Waals surface area contributed by atoms with Gasteiger partial charge in [0.1, 0.15) is 5.75 Å². The van der Waals surface area contributed by atoms with Gasteiger partial charge in [-0.3, -0.25) is 4.79 Å². The van der Waals surface area contributed by atoms with E-state index in [1.54, 1.807) is 12.1 Å². The molecule has 0 saturated carbocycles. The molecule has 2 aromatic carbocycles. The van der Waals surface area contributed by atoms with Crippen LogP contribution in [0.25, 0.3) is 0 Å². The number of amides is 1. The van der Waals surface area contributed by atoms with Crippen LogP contribution in [0.1, 0.15) is 22.0 Å². The lowest BCUT2D eigenvalue weighted by atomic mass is 10.1. The third kappa shape index (κ3) is 3.61. The molecule has 0 radical (unpaired) electrons. The summed E-state index contributed by atoms with van der Waals surface area (Å²) in [5.41, 5.74) is 1.45. The van der Waals surface area contributed by atoms with Gasteiger partial charge in [-0.15, -0.1) is 0 Å². The Morgan fingerprint density at radius 2 is 1.90 bits per heavy atom. The largest absolute Gasteiger partial charge is 0.507 e. The Hall–Kier alpha value is -1.33. The fourth-order valence-electron chi connectivity index (χ4n) is 1.79. The summed E-state index contributed by atoms with van der Waals surface area (Å²) in [6.07, 6.45) is 0. The molecule has 20 heavy (non-hydrogen) atoms. The van der Waals surface area contributed by atoms with Gasteiger partial charge in [0.2, 0.25) is 0 Å². The summed E-state index contributed by atoms with van der Waals surface area (Å²) < 4.78 is 0.564. The van der Waals surface area contributed by atoms with Crippen LogP contribution in [0.4, 0.5) is 0 Å². The molecule has 0 fully saturated rings. The predicted octanol–water partition coefficient (Wildman–Crippen LogP) is 4.02. The van der Waals surface area contributed by atoms with E-state index in [0.717, 1.165) is 5.56 Å². The first-order valence-corrected chi connectivity index (χ1v) is 7.93. The van der Waals surface area contributed by atoms with Crippen LogP contribution in [0.5, 0.6) is 5.75 Å². The van der Waals surface area contributed by atoms with Crippen molar-refractivity contribution in [3.05, 3.63) is 64.1 Å². The average molecular weight is 399 g/mol. The number of nitrogens with one attached hydrogen (secondary N) is 1. The Morgan fingerprint density at radius 1 is 1.20 bits per heavy atom. The summed E-state index contributed by atoms with van der Waals surface area (Å²) >= 11 is 6.60. The molecule has 1 amide bonds. The number of phenols is 1. The number of hydrogen-bond donors (Lipinski definition) is 2. The highest BCUT2D eigenvalue weighted by atomic mass is 79.9. The number of benzene rings is 2. The molecule has 5 heteroatoms. The molecule has 0 aromatic heterocycles. The first-order chi connectivity index (χ1) is 9.61. The van der Waals surface area contributed by atoms with Crippen LogP contribution in [-0.2, 0) is 0 Å². The number of phenolic OH excluding ortho intramolecular Hbond substituents is 1. The molecule has 1 atom stereocenters. The van der Waals surface area contributed by atoms with E-state index in [1.165, 1.54) is 6.07 Å². The molecule has 0 aliphatic carbocycles. The predicted molar refractivity (Wildman–Crippen MR) is 86.3 cm³/mol. The molecule has 0 spiro atoms. The second-order valence-corrected chi connectivity index (χ2v) is 5.76. The van der Waals surface area contributed by atoms with Gasteiger partial charge >= 0.3 is 0 Å². The average Bonchev–Trinajstić information content (AvgIpc) is 2.48. The van der Waals surface area contributed by atoms with E-state index in [9.17, 15) is 9.90 Å². The molecular formula is C15H13Br2NO2. The lowest BCUT2D eigenvalue weighted by Crippen LogP contribution is -2.29. The molecular weight excluding hydrogens is 386 g/mol. The second kappa shape index (κ2) is 6.90. The van der Waals surface area contributed by atoms with Crippen LogP contribution in [0.3, 0.4) is 0 Å². The van der Waals surface area contributed by atoms with Gasteiger partial charge in [0, 0.05) is 10.9 Å². The number of aromatic hydroxyl groups is 1. The highest BCUT2D eigenvalue weighted by Gasteiger charge is 2.15. The number of halogens is 2. The fraction of sp³-hybridized carbons (Fsp3) is 0.133. The van der Waals surface area contributed by atoms with Crippen LogP contribution in [-0.4, -0.2) is 16.3 Å². The Bertz CT molecular complexity index is 602. The second-order valence-electron chi connectivity index (χ2n) is 4.26. The van der Waals surface area contributed by atoms with Gasteiger partial charge in [-0.1, -0.05) is 46.3 Å². The van der Waals surface area contributed by atoms with E-state index in [0.29, 0.717) is 15.4 Å². The lowest BCUT2D eigenvalue weighted by Gasteiger charge is -2.17. The van der Waals surface area contributed by atoms with Crippen molar-refractivity contribution in [3.63, 3.8) is 0 Å². The van der Waals surface area contributed by atoms with Gasteiger partial charge < -0.3 is 10.4 Å². The zero-order valence-electron chi connectivity index (χ0n) is 10.5.